The van der Waals surface area contributed by atoms with Gasteiger partial charge in [0.05, 0.1) is 19.6 Å². The van der Waals surface area contributed by atoms with E-state index in [9.17, 15) is 0 Å². The number of fused-ring (bicyclic) bond motifs is 3. The van der Waals surface area contributed by atoms with Crippen molar-refractivity contribution in [2.45, 2.75) is 19.3 Å². The SMILES string of the molecule is COc1ccc2c(c1)Oc1cc(OC)ccc1C2=C/C=C/C1=[N+](C)c2ccccc2C1(C)C. The van der Waals surface area contributed by atoms with Crippen LogP contribution in [-0.2, 0) is 5.41 Å². The Labute approximate surface area is 195 Å². The van der Waals surface area contributed by atoms with Crippen LogP contribution in [0.15, 0.2) is 78.9 Å². The van der Waals surface area contributed by atoms with E-state index in [-0.39, 0.29) is 5.41 Å². The first-order chi connectivity index (χ1) is 15.9. The van der Waals surface area contributed by atoms with Crippen LogP contribution in [-0.4, -0.2) is 31.6 Å². The maximum Gasteiger partial charge on any atom is 0.209 e. The molecule has 3 aromatic rings. The van der Waals surface area contributed by atoms with Crippen molar-refractivity contribution < 1.29 is 18.8 Å². The van der Waals surface area contributed by atoms with Crippen LogP contribution >= 0.6 is 0 Å². The van der Waals surface area contributed by atoms with Crippen LogP contribution in [0.2, 0.25) is 0 Å². The van der Waals surface area contributed by atoms with E-state index in [2.05, 4.69) is 80.1 Å². The zero-order chi connectivity index (χ0) is 23.2. The summed E-state index contributed by atoms with van der Waals surface area (Å²) < 4.78 is 19.3. The fourth-order valence-electron chi connectivity index (χ4n) is 4.85. The smallest absolute Gasteiger partial charge is 0.209 e. The largest absolute Gasteiger partial charge is 0.497 e. The molecule has 2 heterocycles. The van der Waals surface area contributed by atoms with Crippen molar-refractivity contribution in [3.63, 3.8) is 0 Å². The highest BCUT2D eigenvalue weighted by molar-refractivity contribution is 6.03. The van der Waals surface area contributed by atoms with E-state index < -0.39 is 0 Å². The van der Waals surface area contributed by atoms with Gasteiger partial charge in [-0.1, -0.05) is 30.4 Å². The highest BCUT2D eigenvalue weighted by Crippen LogP contribution is 2.46. The lowest BCUT2D eigenvalue weighted by Gasteiger charge is -2.23. The van der Waals surface area contributed by atoms with Gasteiger partial charge in [0.25, 0.3) is 0 Å². The lowest BCUT2D eigenvalue weighted by molar-refractivity contribution is -0.401. The predicted octanol–water partition coefficient (Wildman–Crippen LogP) is 6.50. The number of hydrogen-bond donors (Lipinski definition) is 0. The molecule has 0 unspecified atom stereocenters. The number of nitrogens with zero attached hydrogens (tertiary/aromatic N) is 1. The molecule has 0 saturated carbocycles. The van der Waals surface area contributed by atoms with Gasteiger partial charge in [-0.2, -0.15) is 4.58 Å². The van der Waals surface area contributed by atoms with E-state index in [1.807, 2.05) is 24.3 Å². The fourth-order valence-corrected chi connectivity index (χ4v) is 4.85. The number of para-hydroxylation sites is 1. The molecule has 0 fully saturated rings. The summed E-state index contributed by atoms with van der Waals surface area (Å²) in [5.74, 6) is 3.07. The number of allylic oxidation sites excluding steroid dienone is 3. The van der Waals surface area contributed by atoms with E-state index in [0.717, 1.165) is 39.7 Å². The minimum Gasteiger partial charge on any atom is -0.497 e. The molecule has 0 radical (unpaired) electrons. The monoisotopic (exact) mass is 438 g/mol. The minimum atomic E-state index is -0.0629. The van der Waals surface area contributed by atoms with Gasteiger partial charge >= 0.3 is 0 Å². The van der Waals surface area contributed by atoms with Crippen molar-refractivity contribution in [2.24, 2.45) is 0 Å². The van der Waals surface area contributed by atoms with E-state index >= 15 is 0 Å². The maximum absolute atomic E-state index is 6.23. The molecular weight excluding hydrogens is 410 g/mol. The molecule has 0 N–H and O–H groups in total. The van der Waals surface area contributed by atoms with Crippen LogP contribution in [0.3, 0.4) is 0 Å². The van der Waals surface area contributed by atoms with Crippen LogP contribution in [0.5, 0.6) is 23.0 Å². The number of ether oxygens (including phenoxy) is 3. The van der Waals surface area contributed by atoms with Crippen molar-refractivity contribution in [1.82, 2.24) is 0 Å². The van der Waals surface area contributed by atoms with Gasteiger partial charge in [-0.3, -0.25) is 0 Å². The summed E-state index contributed by atoms with van der Waals surface area (Å²) in [6, 6.07) is 20.5. The predicted molar refractivity (Wildman–Crippen MR) is 133 cm³/mol. The average molecular weight is 439 g/mol. The first-order valence-corrected chi connectivity index (χ1v) is 11.1. The van der Waals surface area contributed by atoms with Gasteiger partial charge in [0.1, 0.15) is 30.0 Å². The summed E-state index contributed by atoms with van der Waals surface area (Å²) in [6.07, 6.45) is 6.52. The Morgan fingerprint density at radius 3 is 2.03 bits per heavy atom. The van der Waals surface area contributed by atoms with Crippen LogP contribution in [0.4, 0.5) is 5.69 Å². The topological polar surface area (TPSA) is 30.7 Å². The standard InChI is InChI=1S/C29H28NO3/c1-29(2)24-10-6-7-11-25(24)30(3)28(29)12-8-9-21-22-15-13-19(31-4)17-26(22)33-27-18-20(32-5)14-16-23(21)27/h6-18H,1-5H3/q+1/b12-8+. The molecule has 0 spiro atoms. The molecule has 0 aromatic heterocycles. The highest BCUT2D eigenvalue weighted by atomic mass is 16.5. The average Bonchev–Trinajstić information content (AvgIpc) is 3.03. The van der Waals surface area contributed by atoms with Crippen LogP contribution in [0, 0.1) is 0 Å². The molecule has 0 bridgehead atoms. The first kappa shape index (κ1) is 21.1. The summed E-state index contributed by atoms with van der Waals surface area (Å²) in [5, 5.41) is 0. The molecular formula is C29H28NO3+. The summed E-state index contributed by atoms with van der Waals surface area (Å²) >= 11 is 0. The molecule has 0 amide bonds. The van der Waals surface area contributed by atoms with Crippen LogP contribution in [0.25, 0.3) is 5.57 Å². The van der Waals surface area contributed by atoms with Gasteiger partial charge in [-0.15, -0.1) is 0 Å². The van der Waals surface area contributed by atoms with Gasteiger partial charge in [-0.05, 0) is 43.7 Å². The number of methoxy groups -OCH3 is 2. The Kier molecular flexibility index (Phi) is 5.09. The third-order valence-corrected chi connectivity index (χ3v) is 6.64. The summed E-state index contributed by atoms with van der Waals surface area (Å²) in [4.78, 5) is 0. The summed E-state index contributed by atoms with van der Waals surface area (Å²) in [6.45, 7) is 4.56. The van der Waals surface area contributed by atoms with E-state index in [1.165, 1.54) is 17.0 Å². The Morgan fingerprint density at radius 1 is 0.848 bits per heavy atom. The second kappa shape index (κ2) is 7.96. The van der Waals surface area contributed by atoms with E-state index in [0.29, 0.717) is 0 Å². The fraction of sp³-hybridized carbons (Fsp3) is 0.207. The van der Waals surface area contributed by atoms with Crippen LogP contribution < -0.4 is 14.2 Å². The Morgan fingerprint density at radius 2 is 1.45 bits per heavy atom. The Hall–Kier alpha value is -3.79. The van der Waals surface area contributed by atoms with Crippen molar-refractivity contribution >= 4 is 17.0 Å². The zero-order valence-corrected chi connectivity index (χ0v) is 19.7. The zero-order valence-electron chi connectivity index (χ0n) is 19.7. The molecule has 166 valence electrons. The molecule has 0 atom stereocenters. The Balaban J connectivity index is 1.59. The van der Waals surface area contributed by atoms with Gasteiger partial charge in [0, 0.05) is 41.0 Å². The molecule has 3 aromatic carbocycles. The second-order valence-electron chi connectivity index (χ2n) is 8.85. The molecule has 4 heteroatoms. The first-order valence-electron chi connectivity index (χ1n) is 11.1. The van der Waals surface area contributed by atoms with Crippen molar-refractivity contribution in [2.75, 3.05) is 21.3 Å². The molecule has 5 rings (SSSR count). The molecule has 4 nitrogen and oxygen atoms in total. The van der Waals surface area contributed by atoms with Gasteiger partial charge in [-0.25, -0.2) is 0 Å². The lowest BCUT2D eigenvalue weighted by atomic mass is 9.81. The number of benzene rings is 3. The third-order valence-electron chi connectivity index (χ3n) is 6.64. The quantitative estimate of drug-likeness (QED) is 0.341. The number of rotatable bonds is 4. The summed E-state index contributed by atoms with van der Waals surface area (Å²) in [5.41, 5.74) is 6.97. The van der Waals surface area contributed by atoms with Crippen molar-refractivity contribution in [3.05, 3.63) is 95.6 Å². The molecule has 0 aliphatic carbocycles. The lowest BCUT2D eigenvalue weighted by Crippen LogP contribution is -2.26. The third kappa shape index (κ3) is 3.43. The van der Waals surface area contributed by atoms with Gasteiger partial charge in [0.15, 0.2) is 5.71 Å². The normalized spacial score (nSPS) is 15.6. The molecule has 2 aliphatic heterocycles. The van der Waals surface area contributed by atoms with Crippen LogP contribution in [0.1, 0.15) is 30.5 Å². The van der Waals surface area contributed by atoms with E-state index in [1.54, 1.807) is 14.2 Å². The van der Waals surface area contributed by atoms with Gasteiger partial charge in [0.2, 0.25) is 5.69 Å². The summed E-state index contributed by atoms with van der Waals surface area (Å²) in [7, 11) is 5.46. The van der Waals surface area contributed by atoms with Crippen molar-refractivity contribution in [1.29, 1.82) is 0 Å². The van der Waals surface area contributed by atoms with Crippen molar-refractivity contribution in [3.8, 4) is 23.0 Å². The maximum atomic E-state index is 6.23. The minimum absolute atomic E-state index is 0.0629. The molecule has 2 aliphatic rings. The van der Waals surface area contributed by atoms with E-state index in [4.69, 9.17) is 14.2 Å². The van der Waals surface area contributed by atoms with Gasteiger partial charge < -0.3 is 14.2 Å². The second-order valence-corrected chi connectivity index (χ2v) is 8.85. The molecule has 33 heavy (non-hydrogen) atoms. The highest BCUT2D eigenvalue weighted by Gasteiger charge is 2.42. The molecule has 0 saturated heterocycles. The Bertz CT molecular complexity index is 1290. The number of hydrogen-bond acceptors (Lipinski definition) is 3.